The molecule has 1 N–H and O–H groups in total. The van der Waals surface area contributed by atoms with Crippen molar-refractivity contribution in [1.29, 1.82) is 0 Å². The predicted molar refractivity (Wildman–Crippen MR) is 118 cm³/mol. The van der Waals surface area contributed by atoms with Gasteiger partial charge in [0.1, 0.15) is 17.4 Å². The van der Waals surface area contributed by atoms with Gasteiger partial charge in [-0.2, -0.15) is 0 Å². The molecule has 0 aliphatic heterocycles. The minimum absolute atomic E-state index is 0.0887. The summed E-state index contributed by atoms with van der Waals surface area (Å²) in [7, 11) is 1.60. The molecule has 0 saturated heterocycles. The standard InChI is InChI=1S/C24H20N2O3S/c1-25-22(27)14-16-5-4-6-18(13-16)24(28)17-9-11-19(12-10-17)29-15-23-26-20-7-2-3-8-21(20)30-23/h2-13H,14-15H2,1H3,(H,25,27). The normalized spacial score (nSPS) is 10.7. The number of aromatic nitrogens is 1. The van der Waals surface area contributed by atoms with Crippen LogP contribution < -0.4 is 10.1 Å². The van der Waals surface area contributed by atoms with Gasteiger partial charge in [0.15, 0.2) is 5.78 Å². The lowest BCUT2D eigenvalue weighted by Gasteiger charge is -2.07. The van der Waals surface area contributed by atoms with Gasteiger partial charge in [0.2, 0.25) is 5.91 Å². The second kappa shape index (κ2) is 8.88. The zero-order valence-electron chi connectivity index (χ0n) is 16.4. The number of hydrogen-bond donors (Lipinski definition) is 1. The van der Waals surface area contributed by atoms with Gasteiger partial charge in [0, 0.05) is 18.2 Å². The van der Waals surface area contributed by atoms with Crippen molar-refractivity contribution in [3.8, 4) is 5.75 Å². The molecule has 4 rings (SSSR count). The Labute approximate surface area is 178 Å². The highest BCUT2D eigenvalue weighted by Gasteiger charge is 2.11. The lowest BCUT2D eigenvalue weighted by molar-refractivity contribution is -0.119. The predicted octanol–water partition coefficient (Wildman–Crippen LogP) is 4.39. The number of ketones is 1. The molecule has 0 atom stereocenters. The van der Waals surface area contributed by atoms with Gasteiger partial charge in [-0.15, -0.1) is 11.3 Å². The second-order valence-corrected chi connectivity index (χ2v) is 7.88. The molecule has 0 aliphatic carbocycles. The van der Waals surface area contributed by atoms with Crippen LogP contribution in [0.5, 0.6) is 5.75 Å². The minimum atomic E-state index is -0.0912. The largest absolute Gasteiger partial charge is 0.486 e. The first-order chi connectivity index (χ1) is 14.6. The Morgan fingerprint density at radius 2 is 1.77 bits per heavy atom. The van der Waals surface area contributed by atoms with E-state index in [0.717, 1.165) is 20.8 Å². The number of carbonyl (C=O) groups is 2. The molecule has 0 aliphatic rings. The van der Waals surface area contributed by atoms with E-state index in [0.29, 0.717) is 23.5 Å². The van der Waals surface area contributed by atoms with Crippen LogP contribution in [-0.4, -0.2) is 23.7 Å². The van der Waals surface area contributed by atoms with Gasteiger partial charge in [-0.3, -0.25) is 9.59 Å². The maximum absolute atomic E-state index is 12.8. The zero-order chi connectivity index (χ0) is 20.9. The van der Waals surface area contributed by atoms with Crippen LogP contribution in [-0.2, 0) is 17.8 Å². The van der Waals surface area contributed by atoms with E-state index in [1.165, 1.54) is 0 Å². The highest BCUT2D eigenvalue weighted by molar-refractivity contribution is 7.18. The molecule has 0 bridgehead atoms. The first-order valence-corrected chi connectivity index (χ1v) is 10.4. The lowest BCUT2D eigenvalue weighted by atomic mass is 10.00. The van der Waals surface area contributed by atoms with Crippen molar-refractivity contribution in [3.05, 3.63) is 94.5 Å². The summed E-state index contributed by atoms with van der Waals surface area (Å²) >= 11 is 1.61. The zero-order valence-corrected chi connectivity index (χ0v) is 17.2. The molecule has 3 aromatic carbocycles. The fraction of sp³-hybridized carbons (Fsp3) is 0.125. The van der Waals surface area contributed by atoms with Crippen molar-refractivity contribution in [2.24, 2.45) is 0 Å². The van der Waals surface area contributed by atoms with E-state index in [1.54, 1.807) is 60.8 Å². The van der Waals surface area contributed by atoms with Gasteiger partial charge in [-0.05, 0) is 48.0 Å². The number of amides is 1. The Morgan fingerprint density at radius 3 is 2.53 bits per heavy atom. The van der Waals surface area contributed by atoms with Crippen LogP contribution in [0, 0.1) is 0 Å². The van der Waals surface area contributed by atoms with E-state index in [9.17, 15) is 9.59 Å². The van der Waals surface area contributed by atoms with E-state index in [4.69, 9.17) is 4.74 Å². The van der Waals surface area contributed by atoms with Crippen molar-refractivity contribution in [1.82, 2.24) is 10.3 Å². The summed E-state index contributed by atoms with van der Waals surface area (Å²) in [5, 5.41) is 3.50. The fourth-order valence-electron chi connectivity index (χ4n) is 3.09. The number of nitrogens with zero attached hydrogens (tertiary/aromatic N) is 1. The molecular weight excluding hydrogens is 396 g/mol. The molecule has 1 heterocycles. The van der Waals surface area contributed by atoms with Crippen molar-refractivity contribution in [3.63, 3.8) is 0 Å². The van der Waals surface area contributed by atoms with Crippen molar-refractivity contribution < 1.29 is 14.3 Å². The first kappa shape index (κ1) is 19.8. The number of ether oxygens (including phenoxy) is 1. The molecule has 0 unspecified atom stereocenters. The molecule has 0 saturated carbocycles. The number of fused-ring (bicyclic) bond motifs is 1. The summed E-state index contributed by atoms with van der Waals surface area (Å²) in [5.74, 6) is 0.500. The van der Waals surface area contributed by atoms with Crippen LogP contribution in [0.25, 0.3) is 10.2 Å². The third-order valence-corrected chi connectivity index (χ3v) is 5.66. The summed E-state index contributed by atoms with van der Waals surface area (Å²) in [5.41, 5.74) is 2.90. The molecule has 1 amide bonds. The van der Waals surface area contributed by atoms with Crippen molar-refractivity contribution >= 4 is 33.2 Å². The number of likely N-dealkylation sites (N-methyl/N-ethyl adjacent to an activating group) is 1. The van der Waals surface area contributed by atoms with Gasteiger partial charge < -0.3 is 10.1 Å². The summed E-state index contributed by atoms with van der Waals surface area (Å²) in [6.07, 6.45) is 0.246. The minimum Gasteiger partial charge on any atom is -0.486 e. The highest BCUT2D eigenvalue weighted by Crippen LogP contribution is 2.23. The average Bonchev–Trinajstić information content (AvgIpc) is 3.21. The van der Waals surface area contributed by atoms with Gasteiger partial charge >= 0.3 is 0 Å². The number of carbonyl (C=O) groups excluding carboxylic acids is 2. The molecule has 150 valence electrons. The van der Waals surface area contributed by atoms with Gasteiger partial charge in [-0.1, -0.05) is 30.3 Å². The van der Waals surface area contributed by atoms with Crippen LogP contribution in [0.2, 0.25) is 0 Å². The van der Waals surface area contributed by atoms with Crippen LogP contribution in [0.3, 0.4) is 0 Å². The van der Waals surface area contributed by atoms with E-state index in [1.807, 2.05) is 30.3 Å². The van der Waals surface area contributed by atoms with Crippen LogP contribution in [0.1, 0.15) is 26.5 Å². The number of rotatable bonds is 7. The molecule has 30 heavy (non-hydrogen) atoms. The van der Waals surface area contributed by atoms with Crippen molar-refractivity contribution in [2.75, 3.05) is 7.05 Å². The molecular formula is C24H20N2O3S. The van der Waals surface area contributed by atoms with Gasteiger partial charge in [0.25, 0.3) is 0 Å². The number of para-hydroxylation sites is 1. The smallest absolute Gasteiger partial charge is 0.224 e. The Balaban J connectivity index is 1.42. The Morgan fingerprint density at radius 1 is 0.967 bits per heavy atom. The quantitative estimate of drug-likeness (QED) is 0.454. The van der Waals surface area contributed by atoms with Gasteiger partial charge in [-0.25, -0.2) is 4.98 Å². The van der Waals surface area contributed by atoms with E-state index in [2.05, 4.69) is 10.3 Å². The molecule has 0 radical (unpaired) electrons. The van der Waals surface area contributed by atoms with E-state index < -0.39 is 0 Å². The molecule has 0 fully saturated rings. The number of thiazole rings is 1. The molecule has 1 aromatic heterocycles. The maximum atomic E-state index is 12.8. The molecule has 0 spiro atoms. The van der Waals surface area contributed by atoms with Crippen LogP contribution in [0.4, 0.5) is 0 Å². The van der Waals surface area contributed by atoms with Crippen LogP contribution >= 0.6 is 11.3 Å². The summed E-state index contributed by atoms with van der Waals surface area (Å²) in [6.45, 7) is 0.383. The average molecular weight is 417 g/mol. The molecule has 4 aromatic rings. The third kappa shape index (κ3) is 4.55. The summed E-state index contributed by atoms with van der Waals surface area (Å²) in [6, 6.07) is 22.2. The highest BCUT2D eigenvalue weighted by atomic mass is 32.1. The summed E-state index contributed by atoms with van der Waals surface area (Å²) in [4.78, 5) is 28.9. The summed E-state index contributed by atoms with van der Waals surface area (Å²) < 4.78 is 6.96. The van der Waals surface area contributed by atoms with Gasteiger partial charge in [0.05, 0.1) is 16.6 Å². The number of hydrogen-bond acceptors (Lipinski definition) is 5. The SMILES string of the molecule is CNC(=O)Cc1cccc(C(=O)c2ccc(OCc3nc4ccccc4s3)cc2)c1. The molecule has 5 nitrogen and oxygen atoms in total. The van der Waals surface area contributed by atoms with Crippen LogP contribution in [0.15, 0.2) is 72.8 Å². The fourth-order valence-corrected chi connectivity index (χ4v) is 3.97. The van der Waals surface area contributed by atoms with E-state index in [-0.39, 0.29) is 18.1 Å². The van der Waals surface area contributed by atoms with E-state index >= 15 is 0 Å². The van der Waals surface area contributed by atoms with Crippen molar-refractivity contribution in [2.45, 2.75) is 13.0 Å². The maximum Gasteiger partial charge on any atom is 0.224 e. The number of benzene rings is 3. The Kier molecular flexibility index (Phi) is 5.86. The Hall–Kier alpha value is -3.51. The number of nitrogens with one attached hydrogen (secondary N) is 1. The third-order valence-electron chi connectivity index (χ3n) is 4.65. The second-order valence-electron chi connectivity index (χ2n) is 6.77. The lowest BCUT2D eigenvalue weighted by Crippen LogP contribution is -2.20. The molecule has 6 heteroatoms. The Bertz CT molecular complexity index is 1170. The topological polar surface area (TPSA) is 68.3 Å². The monoisotopic (exact) mass is 416 g/mol. The first-order valence-electron chi connectivity index (χ1n) is 9.54.